The number of halogens is 6. The molecule has 1 N–H and O–H groups in total. The van der Waals surface area contributed by atoms with E-state index in [-0.39, 0.29) is 36.4 Å². The Kier molecular flexibility index (Phi) is 5.23. The lowest BCUT2D eigenvalue weighted by Gasteiger charge is -2.10. The van der Waals surface area contributed by atoms with Crippen molar-refractivity contribution in [3.8, 4) is 0 Å². The van der Waals surface area contributed by atoms with Crippen molar-refractivity contribution in [3.05, 3.63) is 60.8 Å². The van der Waals surface area contributed by atoms with Gasteiger partial charge in [0.05, 0.1) is 36.4 Å². The molecule has 0 fully saturated rings. The average molecular weight is 387 g/mol. The second-order valence-electron chi connectivity index (χ2n) is 3.95. The Bertz CT molecular complexity index is 735. The topological polar surface area (TPSA) is 29.1 Å². The first-order valence-corrected chi connectivity index (χ1v) is 7.29. The predicted octanol–water partition coefficient (Wildman–Crippen LogP) is 6.35. The van der Waals surface area contributed by atoms with Crippen LogP contribution in [0.4, 0.5) is 10.1 Å². The summed E-state index contributed by atoms with van der Waals surface area (Å²) in [5.41, 5.74) is 0.142. The van der Waals surface area contributed by atoms with Crippen LogP contribution in [0, 0.1) is 5.82 Å². The molecule has 2 aromatic carbocycles. The van der Waals surface area contributed by atoms with Gasteiger partial charge in [0.25, 0.3) is 5.91 Å². The summed E-state index contributed by atoms with van der Waals surface area (Å²) in [6.07, 6.45) is 0. The fraction of sp³-hybridized carbons (Fsp3) is 0. The van der Waals surface area contributed by atoms with E-state index in [0.29, 0.717) is 0 Å². The Labute approximate surface area is 144 Å². The summed E-state index contributed by atoms with van der Waals surface area (Å²) in [7, 11) is 0. The Hall–Kier alpha value is -0.710. The maximum atomic E-state index is 13.4. The molecule has 0 unspecified atom stereocenters. The fourth-order valence-electron chi connectivity index (χ4n) is 1.50. The van der Waals surface area contributed by atoms with Crippen LogP contribution in [0.15, 0.2) is 24.3 Å². The number of carbonyl (C=O) groups excluding carboxylic acids is 1. The van der Waals surface area contributed by atoms with Gasteiger partial charge in [-0.3, -0.25) is 4.79 Å². The zero-order chi connectivity index (χ0) is 15.7. The predicted molar refractivity (Wildman–Crippen MR) is 85.8 cm³/mol. The van der Waals surface area contributed by atoms with Gasteiger partial charge in [0.2, 0.25) is 0 Å². The number of carbonyl (C=O) groups is 1. The molecule has 0 radical (unpaired) electrons. The minimum atomic E-state index is -0.758. The molecule has 0 bridgehead atoms. The SMILES string of the molecule is O=C(Nc1cc(Cl)c(Cl)cc1Cl)c1cc(F)c(Cl)cc1Cl. The number of benzene rings is 2. The van der Waals surface area contributed by atoms with E-state index in [1.165, 1.54) is 12.1 Å². The lowest BCUT2D eigenvalue weighted by molar-refractivity contribution is 0.102. The van der Waals surface area contributed by atoms with Crippen LogP contribution in [0.1, 0.15) is 10.4 Å². The van der Waals surface area contributed by atoms with E-state index in [2.05, 4.69) is 5.32 Å². The smallest absolute Gasteiger partial charge is 0.257 e. The Morgan fingerprint density at radius 2 is 1.38 bits per heavy atom. The standard InChI is InChI=1S/C13H5Cl5FNO/c14-6-2-9(17)11(19)1-5(6)13(21)20-12-4-8(16)7(15)3-10(12)18/h1-4H,(H,20,21). The van der Waals surface area contributed by atoms with Gasteiger partial charge in [-0.1, -0.05) is 58.0 Å². The molecule has 0 spiro atoms. The number of anilines is 1. The summed E-state index contributed by atoms with van der Waals surface area (Å²) in [6.45, 7) is 0. The van der Waals surface area contributed by atoms with E-state index in [1.54, 1.807) is 0 Å². The molecule has 0 atom stereocenters. The number of hydrogen-bond acceptors (Lipinski definition) is 1. The highest BCUT2D eigenvalue weighted by Crippen LogP contribution is 2.33. The van der Waals surface area contributed by atoms with Gasteiger partial charge in [0, 0.05) is 0 Å². The van der Waals surface area contributed by atoms with Crippen molar-refractivity contribution < 1.29 is 9.18 Å². The van der Waals surface area contributed by atoms with E-state index >= 15 is 0 Å². The highest BCUT2D eigenvalue weighted by atomic mass is 35.5. The van der Waals surface area contributed by atoms with Crippen LogP contribution in [-0.4, -0.2) is 5.91 Å². The summed E-state index contributed by atoms with van der Waals surface area (Å²) < 4.78 is 13.4. The summed E-state index contributed by atoms with van der Waals surface area (Å²) in [6, 6.07) is 4.84. The minimum absolute atomic E-state index is 0.00934. The lowest BCUT2D eigenvalue weighted by atomic mass is 10.2. The van der Waals surface area contributed by atoms with Crippen molar-refractivity contribution in [2.45, 2.75) is 0 Å². The molecule has 0 saturated heterocycles. The highest BCUT2D eigenvalue weighted by molar-refractivity contribution is 6.44. The van der Waals surface area contributed by atoms with Crippen molar-refractivity contribution in [2.75, 3.05) is 5.32 Å². The molecule has 1 amide bonds. The van der Waals surface area contributed by atoms with Crippen molar-refractivity contribution in [1.82, 2.24) is 0 Å². The van der Waals surface area contributed by atoms with Gasteiger partial charge in [-0.2, -0.15) is 0 Å². The molecular formula is C13H5Cl5FNO. The van der Waals surface area contributed by atoms with E-state index in [0.717, 1.165) is 12.1 Å². The second-order valence-corrected chi connectivity index (χ2v) is 5.98. The Balaban J connectivity index is 2.35. The number of rotatable bonds is 2. The zero-order valence-electron chi connectivity index (χ0n) is 9.99. The van der Waals surface area contributed by atoms with Gasteiger partial charge >= 0.3 is 0 Å². The third-order valence-electron chi connectivity index (χ3n) is 2.51. The molecule has 0 heterocycles. The quantitative estimate of drug-likeness (QED) is 0.598. The van der Waals surface area contributed by atoms with Crippen molar-refractivity contribution in [1.29, 1.82) is 0 Å². The third-order valence-corrected chi connectivity index (χ3v) is 4.15. The number of amides is 1. The van der Waals surface area contributed by atoms with E-state index < -0.39 is 11.7 Å². The molecule has 2 nitrogen and oxygen atoms in total. The van der Waals surface area contributed by atoms with Crippen LogP contribution in [0.5, 0.6) is 0 Å². The van der Waals surface area contributed by atoms with Crippen molar-refractivity contribution >= 4 is 69.6 Å². The minimum Gasteiger partial charge on any atom is -0.321 e. The lowest BCUT2D eigenvalue weighted by Crippen LogP contribution is -2.13. The van der Waals surface area contributed by atoms with E-state index in [9.17, 15) is 9.18 Å². The number of nitrogens with one attached hydrogen (secondary N) is 1. The highest BCUT2D eigenvalue weighted by Gasteiger charge is 2.16. The molecule has 0 aliphatic heterocycles. The van der Waals surface area contributed by atoms with E-state index in [1.807, 2.05) is 0 Å². The molecule has 110 valence electrons. The monoisotopic (exact) mass is 385 g/mol. The van der Waals surface area contributed by atoms with Gasteiger partial charge in [-0.15, -0.1) is 0 Å². The van der Waals surface area contributed by atoms with Crippen LogP contribution < -0.4 is 5.32 Å². The third kappa shape index (κ3) is 3.74. The van der Waals surface area contributed by atoms with Crippen LogP contribution in [0.25, 0.3) is 0 Å². The van der Waals surface area contributed by atoms with Gasteiger partial charge < -0.3 is 5.32 Å². The maximum Gasteiger partial charge on any atom is 0.257 e. The normalized spacial score (nSPS) is 10.6. The summed E-state index contributed by atoms with van der Waals surface area (Å²) in [4.78, 5) is 12.1. The van der Waals surface area contributed by atoms with Crippen LogP contribution in [0.2, 0.25) is 25.1 Å². The molecule has 0 aliphatic carbocycles. The van der Waals surface area contributed by atoms with Crippen LogP contribution in [0.3, 0.4) is 0 Å². The molecule has 2 aromatic rings. The first kappa shape index (κ1) is 16.7. The fourth-order valence-corrected chi connectivity index (χ4v) is 2.57. The average Bonchev–Trinajstić information content (AvgIpc) is 2.40. The van der Waals surface area contributed by atoms with Gasteiger partial charge in [0.1, 0.15) is 5.82 Å². The Morgan fingerprint density at radius 1 is 0.810 bits per heavy atom. The second kappa shape index (κ2) is 6.59. The molecule has 2 rings (SSSR count). The first-order chi connectivity index (χ1) is 9.79. The summed E-state index contributed by atoms with van der Waals surface area (Å²) in [5.74, 6) is -1.41. The molecular weight excluding hydrogens is 382 g/mol. The summed E-state index contributed by atoms with van der Waals surface area (Å²) in [5, 5.41) is 2.95. The summed E-state index contributed by atoms with van der Waals surface area (Å²) >= 11 is 29.0. The number of hydrogen-bond donors (Lipinski definition) is 1. The largest absolute Gasteiger partial charge is 0.321 e. The zero-order valence-corrected chi connectivity index (χ0v) is 13.8. The van der Waals surface area contributed by atoms with Gasteiger partial charge in [-0.05, 0) is 24.3 Å². The molecule has 8 heteroatoms. The maximum absolute atomic E-state index is 13.4. The van der Waals surface area contributed by atoms with Crippen LogP contribution >= 0.6 is 58.0 Å². The molecule has 0 saturated carbocycles. The first-order valence-electron chi connectivity index (χ1n) is 5.40. The molecule has 0 aromatic heterocycles. The molecule has 21 heavy (non-hydrogen) atoms. The van der Waals surface area contributed by atoms with Crippen LogP contribution in [-0.2, 0) is 0 Å². The van der Waals surface area contributed by atoms with Crippen molar-refractivity contribution in [3.63, 3.8) is 0 Å². The van der Waals surface area contributed by atoms with Gasteiger partial charge in [-0.25, -0.2) is 4.39 Å². The Morgan fingerprint density at radius 3 is 2.05 bits per heavy atom. The molecule has 0 aliphatic rings. The van der Waals surface area contributed by atoms with Gasteiger partial charge in [0.15, 0.2) is 0 Å². The van der Waals surface area contributed by atoms with Crippen molar-refractivity contribution in [2.24, 2.45) is 0 Å². The van der Waals surface area contributed by atoms with E-state index in [4.69, 9.17) is 58.0 Å².